The van der Waals surface area contributed by atoms with E-state index in [1.807, 2.05) is 0 Å². The summed E-state index contributed by atoms with van der Waals surface area (Å²) in [7, 11) is 9.90. The molecule has 2 aliphatic rings. The van der Waals surface area contributed by atoms with Gasteiger partial charge in [0, 0.05) is 0 Å². The van der Waals surface area contributed by atoms with Crippen molar-refractivity contribution < 1.29 is 17.0 Å². The first-order valence-electron chi connectivity index (χ1n) is 19.0. The number of hydrogen-bond acceptors (Lipinski definition) is 0. The number of hydrogen-bond donors (Lipinski definition) is 0. The van der Waals surface area contributed by atoms with Gasteiger partial charge < -0.3 is 0 Å². The first kappa shape index (κ1) is 39.6. The smallest absolute Gasteiger partial charge is 0.0181 e. The topological polar surface area (TPSA) is 0 Å². The fourth-order valence-electron chi connectivity index (χ4n) is 7.87. The molecule has 258 valence electrons. The molecule has 2 saturated carbocycles. The van der Waals surface area contributed by atoms with Crippen LogP contribution in [-0.4, -0.2) is 23.6 Å². The SMILES string of the molecule is CCCCCCP(CCCCCC)c1cc2ccccc2[cH-]1.[Cl][Ti][Cl].c1ccc2[cH-]c(P(C3CCCCC3)C3CCCCC3)cc2c1. The first-order valence-corrected chi connectivity index (χ1v) is 26.5. The summed E-state index contributed by atoms with van der Waals surface area (Å²) < 4.78 is 0. The summed E-state index contributed by atoms with van der Waals surface area (Å²) in [6.07, 6.45) is 29.0. The maximum absolute atomic E-state index is 4.89. The van der Waals surface area contributed by atoms with Gasteiger partial charge in [-0.15, -0.1) is 80.7 Å². The molecule has 0 bridgehead atoms. The van der Waals surface area contributed by atoms with Crippen molar-refractivity contribution in [3.8, 4) is 0 Å². The molecule has 0 N–H and O–H groups in total. The van der Waals surface area contributed by atoms with Gasteiger partial charge in [-0.05, 0) is 62.2 Å². The minimum Gasteiger partial charge on any atom is -0.161 e. The van der Waals surface area contributed by atoms with Crippen molar-refractivity contribution in [2.75, 3.05) is 12.3 Å². The van der Waals surface area contributed by atoms with Crippen LogP contribution in [-0.2, 0) is 17.0 Å². The number of fused-ring (bicyclic) bond motifs is 2. The van der Waals surface area contributed by atoms with Gasteiger partial charge in [-0.25, -0.2) is 0 Å². The maximum Gasteiger partial charge on any atom is -0.0181 e. The molecule has 6 rings (SSSR count). The zero-order valence-corrected chi connectivity index (χ0v) is 34.2. The van der Waals surface area contributed by atoms with Gasteiger partial charge in [0.05, 0.1) is 0 Å². The van der Waals surface area contributed by atoms with E-state index in [1.165, 1.54) is 149 Å². The van der Waals surface area contributed by atoms with Gasteiger partial charge in [0.1, 0.15) is 0 Å². The van der Waals surface area contributed by atoms with Gasteiger partial charge in [-0.1, -0.05) is 119 Å². The van der Waals surface area contributed by atoms with Gasteiger partial charge in [0.2, 0.25) is 0 Å². The third-order valence-corrected chi connectivity index (χ3v) is 16.5. The van der Waals surface area contributed by atoms with E-state index in [2.05, 4.69) is 86.6 Å². The van der Waals surface area contributed by atoms with E-state index in [0.29, 0.717) is 0 Å². The third-order valence-electron chi connectivity index (χ3n) is 10.4. The number of unbranched alkanes of at least 4 members (excludes halogenated alkanes) is 6. The van der Waals surface area contributed by atoms with Crippen molar-refractivity contribution in [1.29, 1.82) is 0 Å². The molecule has 2 fully saturated rings. The Labute approximate surface area is 307 Å². The normalized spacial score (nSPS) is 15.9. The van der Waals surface area contributed by atoms with Gasteiger partial charge in [-0.2, -0.15) is 12.1 Å². The molecule has 0 aromatic heterocycles. The summed E-state index contributed by atoms with van der Waals surface area (Å²) in [5.74, 6) is 0. The van der Waals surface area contributed by atoms with Crippen molar-refractivity contribution in [1.82, 2.24) is 0 Å². The number of rotatable bonds is 14. The standard InChI is InChI=1S/C21H28P.C21H32P.2ClH.Ti/c1-3-11-19(12-4-1)22(20-13-5-2-6-14-20)21-15-17-9-7-8-10-18(17)16-21;1-3-5-7-11-15-22(16-12-8-6-4-2)21-17-19-13-9-10-14-20(19)18-21;;;/h7-10,15-16,19-20H,1-6,11-14H2;9-10,13-14,17-18H,3-8,11-12,15-16H2,1-2H3;2*1H;/q2*-1;;;+2/p-2. The molecule has 4 aromatic carbocycles. The maximum atomic E-state index is 4.89. The fourth-order valence-corrected chi connectivity index (χ4v) is 14.3. The first-order chi connectivity index (χ1) is 23.2. The zero-order chi connectivity index (χ0) is 33.1. The van der Waals surface area contributed by atoms with E-state index in [0.717, 1.165) is 11.3 Å². The van der Waals surface area contributed by atoms with Crippen molar-refractivity contribution in [3.05, 3.63) is 72.8 Å². The molecule has 0 aliphatic heterocycles. The minimum atomic E-state index is -0.556. The third kappa shape index (κ3) is 13.1. The molecule has 0 nitrogen and oxygen atoms in total. The molecule has 0 spiro atoms. The summed E-state index contributed by atoms with van der Waals surface area (Å²) in [5.41, 5.74) is 2.03. The van der Waals surface area contributed by atoms with Crippen LogP contribution in [0.2, 0.25) is 0 Å². The Balaban J connectivity index is 0.000000197. The van der Waals surface area contributed by atoms with E-state index in [1.54, 1.807) is 10.6 Å². The van der Waals surface area contributed by atoms with Crippen molar-refractivity contribution in [2.24, 2.45) is 0 Å². The Morgan fingerprint density at radius 3 is 1.47 bits per heavy atom. The van der Waals surface area contributed by atoms with Crippen LogP contribution < -0.4 is 10.6 Å². The predicted molar refractivity (Wildman–Crippen MR) is 216 cm³/mol. The van der Waals surface area contributed by atoms with Gasteiger partial charge in [0.25, 0.3) is 0 Å². The monoisotopic (exact) mass is 744 g/mol. The molecule has 4 aromatic rings. The Bertz CT molecular complexity index is 1270. The quantitative estimate of drug-likeness (QED) is 0.0522. The van der Waals surface area contributed by atoms with E-state index < -0.39 is 17.0 Å². The van der Waals surface area contributed by atoms with Crippen molar-refractivity contribution in [3.63, 3.8) is 0 Å². The molecule has 0 atom stereocenters. The molecule has 0 amide bonds. The Kier molecular flexibility index (Phi) is 19.6. The van der Waals surface area contributed by atoms with Gasteiger partial charge in [0.15, 0.2) is 0 Å². The molecule has 47 heavy (non-hydrogen) atoms. The minimum absolute atomic E-state index is 0.0611. The molecule has 2 aliphatic carbocycles. The van der Waals surface area contributed by atoms with E-state index in [9.17, 15) is 0 Å². The Morgan fingerprint density at radius 2 is 1.02 bits per heavy atom. The average Bonchev–Trinajstić information content (AvgIpc) is 3.74. The summed E-state index contributed by atoms with van der Waals surface area (Å²) in [5, 5.41) is 9.20. The van der Waals surface area contributed by atoms with Crippen LogP contribution in [0.1, 0.15) is 129 Å². The summed E-state index contributed by atoms with van der Waals surface area (Å²) >= 11 is -0.556. The van der Waals surface area contributed by atoms with Crippen LogP contribution in [0.5, 0.6) is 0 Å². The van der Waals surface area contributed by atoms with Crippen molar-refractivity contribution >= 4 is 66.6 Å². The second-order valence-corrected chi connectivity index (χ2v) is 21.7. The van der Waals surface area contributed by atoms with E-state index >= 15 is 0 Å². The second kappa shape index (κ2) is 23.3. The summed E-state index contributed by atoms with van der Waals surface area (Å²) in [6, 6.07) is 27.9. The van der Waals surface area contributed by atoms with E-state index in [4.69, 9.17) is 18.6 Å². The van der Waals surface area contributed by atoms with Crippen LogP contribution in [0.4, 0.5) is 0 Å². The molecule has 0 saturated heterocycles. The van der Waals surface area contributed by atoms with Crippen LogP contribution in [0.3, 0.4) is 0 Å². The fraction of sp³-hybridized carbons (Fsp3) is 0.571. The van der Waals surface area contributed by atoms with Crippen LogP contribution >= 0.6 is 34.5 Å². The Hall–Kier alpha value is -0.186. The zero-order valence-electron chi connectivity index (χ0n) is 29.4. The van der Waals surface area contributed by atoms with Crippen LogP contribution in [0.25, 0.3) is 21.5 Å². The predicted octanol–water partition coefficient (Wildman–Crippen LogP) is 14.5. The number of halogens is 2. The largest absolute Gasteiger partial charge is 0.161 e. The van der Waals surface area contributed by atoms with Crippen LogP contribution in [0, 0.1) is 0 Å². The summed E-state index contributed by atoms with van der Waals surface area (Å²) in [6.45, 7) is 4.61. The summed E-state index contributed by atoms with van der Waals surface area (Å²) in [4.78, 5) is 0. The Morgan fingerprint density at radius 1 is 0.596 bits per heavy atom. The molecule has 0 unspecified atom stereocenters. The number of benzene rings is 2. The average molecular weight is 746 g/mol. The van der Waals surface area contributed by atoms with Gasteiger partial charge in [-0.3, -0.25) is 0 Å². The molecular weight excluding hydrogens is 685 g/mol. The van der Waals surface area contributed by atoms with Gasteiger partial charge >= 0.3 is 35.6 Å². The molecule has 0 heterocycles. The van der Waals surface area contributed by atoms with Crippen LogP contribution in [0.15, 0.2) is 72.8 Å². The molecule has 0 radical (unpaired) electrons. The molecular formula is C42H60Cl2P2Ti-2. The second-order valence-electron chi connectivity index (χ2n) is 13.9. The van der Waals surface area contributed by atoms with Crippen molar-refractivity contribution in [2.45, 2.75) is 141 Å². The molecule has 5 heteroatoms. The van der Waals surface area contributed by atoms with E-state index in [-0.39, 0.29) is 15.8 Å².